The van der Waals surface area contributed by atoms with Crippen LogP contribution < -0.4 is 19.9 Å². The van der Waals surface area contributed by atoms with Crippen molar-refractivity contribution in [3.05, 3.63) is 12.1 Å². The molecule has 0 amide bonds. The fourth-order valence-electron chi connectivity index (χ4n) is 2.26. The number of methoxy groups -OCH3 is 2. The maximum Gasteiger partial charge on any atom is 0.244 e. The molecule has 7 heteroatoms. The molecule has 3 N–H and O–H groups in total. The van der Waals surface area contributed by atoms with Crippen molar-refractivity contribution in [2.24, 2.45) is 5.41 Å². The summed E-state index contributed by atoms with van der Waals surface area (Å²) >= 11 is 0. The Kier molecular flexibility index (Phi) is 4.34. The third-order valence-electron chi connectivity index (χ3n) is 4.15. The van der Waals surface area contributed by atoms with Crippen molar-refractivity contribution in [3.63, 3.8) is 0 Å². The molecule has 0 unspecified atom stereocenters. The first-order chi connectivity index (χ1) is 9.87. The third-order valence-corrected chi connectivity index (χ3v) is 5.57. The summed E-state index contributed by atoms with van der Waals surface area (Å²) in [6, 6.07) is 2.85. The average molecular weight is 314 g/mol. The first-order valence-corrected chi connectivity index (χ1v) is 8.37. The van der Waals surface area contributed by atoms with Gasteiger partial charge in [-0.3, -0.25) is 0 Å². The molecular formula is C14H22N2O4S. The zero-order chi connectivity index (χ0) is 15.7. The molecule has 0 aromatic heterocycles. The molecule has 6 nitrogen and oxygen atoms in total. The summed E-state index contributed by atoms with van der Waals surface area (Å²) in [5.74, 6) is 0.605. The van der Waals surface area contributed by atoms with Gasteiger partial charge in [0.2, 0.25) is 10.0 Å². The molecule has 1 aromatic rings. The van der Waals surface area contributed by atoms with Crippen molar-refractivity contribution in [2.45, 2.75) is 31.1 Å². The molecule has 0 radical (unpaired) electrons. The molecule has 0 heterocycles. The van der Waals surface area contributed by atoms with Crippen LogP contribution in [0.25, 0.3) is 0 Å². The molecule has 0 bridgehead atoms. The molecule has 0 aliphatic heterocycles. The Bertz CT molecular complexity index is 624. The first kappa shape index (κ1) is 15.9. The van der Waals surface area contributed by atoms with Crippen molar-refractivity contribution >= 4 is 15.7 Å². The van der Waals surface area contributed by atoms with E-state index in [9.17, 15) is 8.42 Å². The SMILES string of the molecule is CCC1(CNS(=O)(=O)c2cc(N)c(OC)cc2OC)CC1. The highest BCUT2D eigenvalue weighted by molar-refractivity contribution is 7.89. The van der Waals surface area contributed by atoms with Crippen molar-refractivity contribution in [3.8, 4) is 11.5 Å². The second kappa shape index (κ2) is 5.73. The molecule has 1 aromatic carbocycles. The number of rotatable bonds is 7. The van der Waals surface area contributed by atoms with Crippen LogP contribution in [0.2, 0.25) is 0 Å². The number of nitrogens with two attached hydrogens (primary N) is 1. The monoisotopic (exact) mass is 314 g/mol. The summed E-state index contributed by atoms with van der Waals surface area (Å²) in [4.78, 5) is 0.0372. The van der Waals surface area contributed by atoms with E-state index < -0.39 is 10.0 Å². The minimum absolute atomic E-state index is 0.0372. The van der Waals surface area contributed by atoms with E-state index in [1.165, 1.54) is 26.4 Å². The molecule has 1 aliphatic carbocycles. The average Bonchev–Trinajstić information content (AvgIpc) is 3.25. The van der Waals surface area contributed by atoms with E-state index >= 15 is 0 Å². The third kappa shape index (κ3) is 3.24. The summed E-state index contributed by atoms with van der Waals surface area (Å²) in [5.41, 5.74) is 6.18. The zero-order valence-corrected chi connectivity index (χ0v) is 13.4. The highest BCUT2D eigenvalue weighted by Crippen LogP contribution is 2.48. The number of hydrogen-bond donors (Lipinski definition) is 2. The van der Waals surface area contributed by atoms with Gasteiger partial charge < -0.3 is 15.2 Å². The van der Waals surface area contributed by atoms with Gasteiger partial charge in [0.25, 0.3) is 0 Å². The van der Waals surface area contributed by atoms with Crippen LogP contribution in [0.5, 0.6) is 11.5 Å². The predicted molar refractivity (Wildman–Crippen MR) is 81.1 cm³/mol. The molecule has 0 spiro atoms. The van der Waals surface area contributed by atoms with Gasteiger partial charge in [0.1, 0.15) is 16.4 Å². The Morgan fingerprint density at radius 2 is 1.86 bits per heavy atom. The minimum atomic E-state index is -3.66. The Morgan fingerprint density at radius 3 is 2.33 bits per heavy atom. The van der Waals surface area contributed by atoms with E-state index in [2.05, 4.69) is 11.6 Å². The summed E-state index contributed by atoms with van der Waals surface area (Å²) in [6.45, 7) is 2.52. The van der Waals surface area contributed by atoms with E-state index in [-0.39, 0.29) is 21.7 Å². The van der Waals surface area contributed by atoms with Crippen molar-refractivity contribution in [1.82, 2.24) is 4.72 Å². The van der Waals surface area contributed by atoms with E-state index in [1.54, 1.807) is 0 Å². The molecule has 2 rings (SSSR count). The molecule has 1 aliphatic rings. The number of ether oxygens (including phenoxy) is 2. The van der Waals surface area contributed by atoms with Crippen LogP contribution in [-0.4, -0.2) is 29.2 Å². The molecule has 1 saturated carbocycles. The van der Waals surface area contributed by atoms with Gasteiger partial charge in [-0.05, 0) is 30.7 Å². The lowest BCUT2D eigenvalue weighted by Gasteiger charge is -2.16. The van der Waals surface area contributed by atoms with Gasteiger partial charge in [-0.25, -0.2) is 13.1 Å². The van der Waals surface area contributed by atoms with Crippen molar-refractivity contribution in [2.75, 3.05) is 26.5 Å². The van der Waals surface area contributed by atoms with Crippen molar-refractivity contribution in [1.29, 1.82) is 0 Å². The lowest BCUT2D eigenvalue weighted by atomic mass is 10.1. The van der Waals surface area contributed by atoms with E-state index in [1.807, 2.05) is 0 Å². The maximum absolute atomic E-state index is 12.5. The summed E-state index contributed by atoms with van der Waals surface area (Å²) in [5, 5.41) is 0. The van der Waals surface area contributed by atoms with Crippen LogP contribution in [0, 0.1) is 5.41 Å². The van der Waals surface area contributed by atoms with Gasteiger partial charge in [-0.1, -0.05) is 6.92 Å². The van der Waals surface area contributed by atoms with Crippen LogP contribution in [0.1, 0.15) is 26.2 Å². The van der Waals surface area contributed by atoms with Crippen LogP contribution in [0.15, 0.2) is 17.0 Å². The predicted octanol–water partition coefficient (Wildman–Crippen LogP) is 1.75. The standard InChI is InChI=1S/C14H22N2O4S/c1-4-14(5-6-14)9-16-21(17,18)13-7-10(15)11(19-2)8-12(13)20-3/h7-8,16H,4-6,9,15H2,1-3H3. The Balaban J connectivity index is 2.28. The second-order valence-corrected chi connectivity index (χ2v) is 7.16. The topological polar surface area (TPSA) is 90.7 Å². The highest BCUT2D eigenvalue weighted by atomic mass is 32.2. The summed E-state index contributed by atoms with van der Waals surface area (Å²) in [6.07, 6.45) is 3.10. The van der Waals surface area contributed by atoms with Gasteiger partial charge in [0.15, 0.2) is 0 Å². The fraction of sp³-hybridized carbons (Fsp3) is 0.571. The van der Waals surface area contributed by atoms with Gasteiger partial charge >= 0.3 is 0 Å². The number of hydrogen-bond acceptors (Lipinski definition) is 5. The summed E-state index contributed by atoms with van der Waals surface area (Å²) < 4.78 is 37.8. The van der Waals surface area contributed by atoms with Gasteiger partial charge in [0.05, 0.1) is 19.9 Å². The quantitative estimate of drug-likeness (QED) is 0.748. The zero-order valence-electron chi connectivity index (χ0n) is 12.6. The normalized spacial score (nSPS) is 16.5. The number of benzene rings is 1. The van der Waals surface area contributed by atoms with Crippen molar-refractivity contribution < 1.29 is 17.9 Å². The van der Waals surface area contributed by atoms with E-state index in [0.29, 0.717) is 12.3 Å². The van der Waals surface area contributed by atoms with Crippen LogP contribution in [0.3, 0.4) is 0 Å². The number of nitrogens with one attached hydrogen (secondary N) is 1. The van der Waals surface area contributed by atoms with E-state index in [0.717, 1.165) is 19.3 Å². The molecule has 1 fully saturated rings. The number of anilines is 1. The Hall–Kier alpha value is -1.47. The largest absolute Gasteiger partial charge is 0.495 e. The Morgan fingerprint density at radius 1 is 1.24 bits per heavy atom. The lowest BCUT2D eigenvalue weighted by Crippen LogP contribution is -2.30. The maximum atomic E-state index is 12.5. The lowest BCUT2D eigenvalue weighted by molar-refractivity contribution is 0.386. The van der Waals surface area contributed by atoms with Crippen LogP contribution in [-0.2, 0) is 10.0 Å². The smallest absolute Gasteiger partial charge is 0.244 e. The first-order valence-electron chi connectivity index (χ1n) is 6.88. The van der Waals surface area contributed by atoms with Gasteiger partial charge in [0, 0.05) is 12.6 Å². The van der Waals surface area contributed by atoms with Gasteiger partial charge in [-0.15, -0.1) is 0 Å². The summed E-state index contributed by atoms with van der Waals surface area (Å²) in [7, 11) is -0.781. The Labute approximate surface area is 125 Å². The fourth-order valence-corrected chi connectivity index (χ4v) is 3.60. The number of sulfonamides is 1. The molecular weight excluding hydrogens is 292 g/mol. The molecule has 0 atom stereocenters. The highest BCUT2D eigenvalue weighted by Gasteiger charge is 2.41. The van der Waals surface area contributed by atoms with Gasteiger partial charge in [-0.2, -0.15) is 0 Å². The minimum Gasteiger partial charge on any atom is -0.495 e. The molecule has 0 saturated heterocycles. The molecule has 21 heavy (non-hydrogen) atoms. The van der Waals surface area contributed by atoms with E-state index in [4.69, 9.17) is 15.2 Å². The molecule has 118 valence electrons. The second-order valence-electron chi connectivity index (χ2n) is 5.42. The number of nitrogen functional groups attached to an aromatic ring is 1. The van der Waals surface area contributed by atoms with Crippen LogP contribution in [0.4, 0.5) is 5.69 Å². The van der Waals surface area contributed by atoms with Crippen LogP contribution >= 0.6 is 0 Å².